The van der Waals surface area contributed by atoms with E-state index in [4.69, 9.17) is 33.9 Å². The Morgan fingerprint density at radius 1 is 0.900 bits per heavy atom. The molecule has 0 aliphatic heterocycles. The van der Waals surface area contributed by atoms with E-state index in [1.165, 1.54) is 0 Å². The normalized spacial score (nSPS) is 10.9. The van der Waals surface area contributed by atoms with Crippen molar-refractivity contribution in [2.24, 2.45) is 0 Å². The van der Waals surface area contributed by atoms with E-state index in [-0.39, 0.29) is 0 Å². The van der Waals surface area contributed by atoms with E-state index in [1.807, 2.05) is 13.8 Å². The fourth-order valence-electron chi connectivity index (χ4n) is 1.65. The van der Waals surface area contributed by atoms with Crippen LogP contribution >= 0.6 is 48.0 Å². The molecule has 0 radical (unpaired) electrons. The van der Waals surface area contributed by atoms with Crippen molar-refractivity contribution in [3.05, 3.63) is 0 Å². The molecule has 0 amide bonds. The van der Waals surface area contributed by atoms with Crippen molar-refractivity contribution >= 4 is 56.7 Å². The molecule has 0 saturated carbocycles. The molecule has 0 fully saturated rings. The highest BCUT2D eigenvalue weighted by Crippen LogP contribution is 2.18. The summed E-state index contributed by atoms with van der Waals surface area (Å²) >= 11 is 13.6. The van der Waals surface area contributed by atoms with Crippen LogP contribution in [0.4, 0.5) is 0 Å². The Labute approximate surface area is 142 Å². The number of hydrogen-bond acceptors (Lipinski definition) is 7. The zero-order chi connectivity index (χ0) is 15.4. The summed E-state index contributed by atoms with van der Waals surface area (Å²) in [5, 5.41) is 0. The highest BCUT2D eigenvalue weighted by Gasteiger charge is 2.18. The highest BCUT2D eigenvalue weighted by atomic mass is 32.2. The van der Waals surface area contributed by atoms with Crippen molar-refractivity contribution in [2.75, 3.05) is 37.8 Å². The molecule has 0 aromatic carbocycles. The summed E-state index contributed by atoms with van der Waals surface area (Å²) in [6.45, 7) is 11.5. The Balaban J connectivity index is 4.33. The molecular formula is C13H25NO2S4. The summed E-state index contributed by atoms with van der Waals surface area (Å²) in [5.74, 6) is 1.84. The van der Waals surface area contributed by atoms with Gasteiger partial charge in [0.2, 0.25) is 8.77 Å². The SMILES string of the molecule is CCOC(=S)SCC(CSC(=S)OCC)N(CC)CC. The lowest BCUT2D eigenvalue weighted by Gasteiger charge is -2.29. The van der Waals surface area contributed by atoms with Crippen LogP contribution in [0.1, 0.15) is 27.7 Å². The van der Waals surface area contributed by atoms with Crippen LogP contribution in [0.3, 0.4) is 0 Å². The molecule has 3 nitrogen and oxygen atoms in total. The first-order valence-corrected chi connectivity index (χ1v) is 9.70. The minimum Gasteiger partial charge on any atom is -0.479 e. The van der Waals surface area contributed by atoms with Gasteiger partial charge in [-0.05, 0) is 51.4 Å². The third-order valence-electron chi connectivity index (χ3n) is 2.64. The summed E-state index contributed by atoms with van der Waals surface area (Å²) in [4.78, 5) is 2.42. The van der Waals surface area contributed by atoms with Gasteiger partial charge in [-0.1, -0.05) is 37.4 Å². The van der Waals surface area contributed by atoms with Crippen LogP contribution < -0.4 is 0 Å². The number of ether oxygens (including phenoxy) is 2. The predicted molar refractivity (Wildman–Crippen MR) is 100 cm³/mol. The fraction of sp³-hybridized carbons (Fsp3) is 0.846. The van der Waals surface area contributed by atoms with E-state index >= 15 is 0 Å². The average Bonchev–Trinajstić information content (AvgIpc) is 2.42. The van der Waals surface area contributed by atoms with E-state index in [0.29, 0.717) is 28.0 Å². The summed E-state index contributed by atoms with van der Waals surface area (Å²) in [7, 11) is 0. The van der Waals surface area contributed by atoms with Gasteiger partial charge < -0.3 is 9.47 Å². The predicted octanol–water partition coefficient (Wildman–Crippen LogP) is 3.81. The van der Waals surface area contributed by atoms with E-state index in [9.17, 15) is 0 Å². The first kappa shape index (κ1) is 20.4. The van der Waals surface area contributed by atoms with Crippen LogP contribution in [0.15, 0.2) is 0 Å². The molecule has 0 aromatic heterocycles. The number of nitrogens with zero attached hydrogens (tertiary/aromatic N) is 1. The quantitative estimate of drug-likeness (QED) is 0.579. The van der Waals surface area contributed by atoms with Crippen molar-refractivity contribution < 1.29 is 9.47 Å². The topological polar surface area (TPSA) is 21.7 Å². The van der Waals surface area contributed by atoms with Gasteiger partial charge >= 0.3 is 0 Å². The summed E-state index contributed by atoms with van der Waals surface area (Å²) in [6, 6.07) is 0.414. The molecule has 0 atom stereocenters. The van der Waals surface area contributed by atoms with E-state index in [2.05, 4.69) is 18.7 Å². The number of thiocarbonyl (C=S) groups is 2. The number of thioether (sulfide) groups is 2. The third kappa shape index (κ3) is 9.39. The molecule has 0 aliphatic rings. The molecule has 0 bridgehead atoms. The van der Waals surface area contributed by atoms with Crippen LogP contribution in [0.25, 0.3) is 0 Å². The minimum atomic E-state index is 0.414. The standard InChI is InChI=1S/C13H25NO2S4/c1-5-14(6-2)11(9-19-12(17)15-7-3)10-20-13(18)16-8-4/h11H,5-10H2,1-4H3. The molecule has 0 unspecified atom stereocenters. The molecule has 0 aliphatic carbocycles. The average molecular weight is 356 g/mol. The fourth-order valence-corrected chi connectivity index (χ4v) is 4.16. The lowest BCUT2D eigenvalue weighted by molar-refractivity contribution is 0.253. The summed E-state index contributed by atoms with van der Waals surface area (Å²) in [5.41, 5.74) is 0. The maximum atomic E-state index is 5.32. The van der Waals surface area contributed by atoms with Crippen LogP contribution in [0, 0.1) is 0 Å². The van der Waals surface area contributed by atoms with Gasteiger partial charge in [-0.15, -0.1) is 0 Å². The van der Waals surface area contributed by atoms with Crippen LogP contribution in [0.2, 0.25) is 0 Å². The van der Waals surface area contributed by atoms with Crippen LogP contribution in [0.5, 0.6) is 0 Å². The zero-order valence-electron chi connectivity index (χ0n) is 12.7. The largest absolute Gasteiger partial charge is 0.479 e. The number of rotatable bonds is 9. The van der Waals surface area contributed by atoms with Crippen molar-refractivity contribution in [1.29, 1.82) is 0 Å². The summed E-state index contributed by atoms with van der Waals surface area (Å²) < 4.78 is 11.9. The van der Waals surface area contributed by atoms with Gasteiger partial charge in [0.1, 0.15) is 0 Å². The molecule has 7 heteroatoms. The lowest BCUT2D eigenvalue weighted by atomic mass is 10.3. The molecule has 0 saturated heterocycles. The third-order valence-corrected chi connectivity index (χ3v) is 5.39. The first-order chi connectivity index (χ1) is 9.58. The highest BCUT2D eigenvalue weighted by molar-refractivity contribution is 8.23. The van der Waals surface area contributed by atoms with Gasteiger partial charge in [-0.2, -0.15) is 0 Å². The Kier molecular flexibility index (Phi) is 13.4. The van der Waals surface area contributed by atoms with E-state index < -0.39 is 0 Å². The second kappa shape index (κ2) is 13.1. The molecule has 0 heterocycles. The van der Waals surface area contributed by atoms with Crippen molar-refractivity contribution in [3.63, 3.8) is 0 Å². The van der Waals surface area contributed by atoms with Crippen molar-refractivity contribution in [2.45, 2.75) is 33.7 Å². The first-order valence-electron chi connectivity index (χ1n) is 6.92. The zero-order valence-corrected chi connectivity index (χ0v) is 16.0. The van der Waals surface area contributed by atoms with Gasteiger partial charge in [0.05, 0.1) is 13.2 Å². The van der Waals surface area contributed by atoms with Crippen molar-refractivity contribution in [3.8, 4) is 0 Å². The molecule has 118 valence electrons. The Morgan fingerprint density at radius 2 is 1.30 bits per heavy atom. The number of hydrogen-bond donors (Lipinski definition) is 0. The van der Waals surface area contributed by atoms with Gasteiger partial charge in [0, 0.05) is 17.5 Å². The lowest BCUT2D eigenvalue weighted by Crippen LogP contribution is -2.39. The minimum absolute atomic E-state index is 0.414. The molecule has 20 heavy (non-hydrogen) atoms. The second-order valence-corrected chi connectivity index (χ2v) is 7.11. The maximum Gasteiger partial charge on any atom is 0.220 e. The van der Waals surface area contributed by atoms with Gasteiger partial charge in [-0.25, -0.2) is 0 Å². The smallest absolute Gasteiger partial charge is 0.220 e. The van der Waals surface area contributed by atoms with Gasteiger partial charge in [-0.3, -0.25) is 4.90 Å². The molecule has 0 spiro atoms. The summed E-state index contributed by atoms with van der Waals surface area (Å²) in [6.07, 6.45) is 0. The van der Waals surface area contributed by atoms with Gasteiger partial charge in [0.25, 0.3) is 0 Å². The molecule has 0 rings (SSSR count). The van der Waals surface area contributed by atoms with Crippen LogP contribution in [-0.4, -0.2) is 57.5 Å². The van der Waals surface area contributed by atoms with E-state index in [1.54, 1.807) is 23.5 Å². The van der Waals surface area contributed by atoms with Crippen LogP contribution in [-0.2, 0) is 9.47 Å². The van der Waals surface area contributed by atoms with Crippen molar-refractivity contribution in [1.82, 2.24) is 4.90 Å². The van der Waals surface area contributed by atoms with E-state index in [0.717, 1.165) is 24.6 Å². The Morgan fingerprint density at radius 3 is 1.60 bits per heavy atom. The van der Waals surface area contributed by atoms with Gasteiger partial charge in [0.15, 0.2) is 0 Å². The molecule has 0 N–H and O–H groups in total. The Bertz CT molecular complexity index is 264. The maximum absolute atomic E-state index is 5.32. The molecule has 0 aromatic rings. The monoisotopic (exact) mass is 355 g/mol. The Hall–Kier alpha value is 0.440. The molecular weight excluding hydrogens is 330 g/mol. The second-order valence-electron chi connectivity index (χ2n) is 3.86.